The molecule has 1 fully saturated rings. The number of hydrogen-bond acceptors (Lipinski definition) is 3. The first kappa shape index (κ1) is 12.7. The molecular formula is C11H20O3S. The highest BCUT2D eigenvalue weighted by molar-refractivity contribution is 7.92. The second-order valence-corrected chi connectivity index (χ2v) is 6.53. The minimum Gasteiger partial charge on any atom is -0.392 e. The Morgan fingerprint density at radius 1 is 1.47 bits per heavy atom. The van der Waals surface area contributed by atoms with Crippen LogP contribution < -0.4 is 0 Å². The van der Waals surface area contributed by atoms with Gasteiger partial charge in [-0.1, -0.05) is 12.5 Å². The summed E-state index contributed by atoms with van der Waals surface area (Å²) in [6, 6.07) is 0. The standard InChI is InChI=1S/C11H20O3S/c1-2-3-4-7-10(12)11-8-5-6-9-15(11,13)14/h2,10-12H,1,3-9H2. The zero-order valence-electron chi connectivity index (χ0n) is 9.06. The Bertz CT molecular complexity index is 295. The Hall–Kier alpha value is -0.350. The molecule has 0 aromatic rings. The number of aliphatic hydroxyl groups is 1. The number of aliphatic hydroxyl groups excluding tert-OH is 1. The third kappa shape index (κ3) is 3.61. The van der Waals surface area contributed by atoms with Crippen molar-refractivity contribution < 1.29 is 13.5 Å². The van der Waals surface area contributed by atoms with E-state index < -0.39 is 21.2 Å². The van der Waals surface area contributed by atoms with Gasteiger partial charge in [-0.25, -0.2) is 8.42 Å². The summed E-state index contributed by atoms with van der Waals surface area (Å²) in [7, 11) is -3.04. The lowest BCUT2D eigenvalue weighted by Gasteiger charge is -2.26. The largest absolute Gasteiger partial charge is 0.392 e. The summed E-state index contributed by atoms with van der Waals surface area (Å²) in [5.74, 6) is 0.246. The van der Waals surface area contributed by atoms with Gasteiger partial charge in [0.1, 0.15) is 0 Å². The molecule has 1 rings (SSSR count). The lowest BCUT2D eigenvalue weighted by molar-refractivity contribution is 0.150. The van der Waals surface area contributed by atoms with Crippen LogP contribution in [-0.4, -0.2) is 30.6 Å². The molecule has 1 aliphatic rings. The Labute approximate surface area is 92.1 Å². The summed E-state index contributed by atoms with van der Waals surface area (Å²) in [6.07, 6.45) is 5.62. The average molecular weight is 232 g/mol. The third-order valence-electron chi connectivity index (χ3n) is 2.97. The summed E-state index contributed by atoms with van der Waals surface area (Å²) in [6.45, 7) is 3.60. The van der Waals surface area contributed by atoms with Crippen molar-refractivity contribution in [1.29, 1.82) is 0 Å². The highest BCUT2D eigenvalue weighted by Crippen LogP contribution is 2.24. The first-order valence-corrected chi connectivity index (χ1v) is 7.30. The molecule has 1 heterocycles. The molecule has 0 spiro atoms. The molecule has 3 nitrogen and oxygen atoms in total. The van der Waals surface area contributed by atoms with E-state index in [2.05, 4.69) is 6.58 Å². The van der Waals surface area contributed by atoms with Crippen LogP contribution in [0.4, 0.5) is 0 Å². The fourth-order valence-corrected chi connectivity index (χ4v) is 4.12. The van der Waals surface area contributed by atoms with E-state index in [9.17, 15) is 13.5 Å². The average Bonchev–Trinajstić information content (AvgIpc) is 2.17. The van der Waals surface area contributed by atoms with Gasteiger partial charge in [0.15, 0.2) is 9.84 Å². The van der Waals surface area contributed by atoms with Gasteiger partial charge in [0.2, 0.25) is 0 Å². The molecule has 0 bridgehead atoms. The van der Waals surface area contributed by atoms with Crippen molar-refractivity contribution in [3.8, 4) is 0 Å². The van der Waals surface area contributed by atoms with E-state index in [1.807, 2.05) is 0 Å². The summed E-state index contributed by atoms with van der Waals surface area (Å²) < 4.78 is 23.4. The fourth-order valence-electron chi connectivity index (χ4n) is 2.07. The molecule has 0 saturated carbocycles. The van der Waals surface area contributed by atoms with Crippen molar-refractivity contribution in [3.63, 3.8) is 0 Å². The topological polar surface area (TPSA) is 54.4 Å². The zero-order valence-corrected chi connectivity index (χ0v) is 9.88. The van der Waals surface area contributed by atoms with Crippen molar-refractivity contribution in [3.05, 3.63) is 12.7 Å². The second kappa shape index (κ2) is 5.66. The number of unbranched alkanes of at least 4 members (excludes halogenated alkanes) is 1. The minimum absolute atomic E-state index is 0.246. The van der Waals surface area contributed by atoms with Crippen molar-refractivity contribution in [1.82, 2.24) is 0 Å². The first-order chi connectivity index (χ1) is 7.08. The van der Waals surface area contributed by atoms with Crippen LogP contribution in [0.5, 0.6) is 0 Å². The van der Waals surface area contributed by atoms with Gasteiger partial charge >= 0.3 is 0 Å². The van der Waals surface area contributed by atoms with E-state index in [-0.39, 0.29) is 5.75 Å². The minimum atomic E-state index is -3.04. The molecular weight excluding hydrogens is 212 g/mol. The van der Waals surface area contributed by atoms with Gasteiger partial charge in [-0.15, -0.1) is 6.58 Å². The first-order valence-electron chi connectivity index (χ1n) is 5.58. The van der Waals surface area contributed by atoms with E-state index in [1.165, 1.54) is 0 Å². The van der Waals surface area contributed by atoms with E-state index >= 15 is 0 Å². The summed E-state index contributed by atoms with van der Waals surface area (Å²) in [5, 5.41) is 9.31. The molecule has 0 aliphatic carbocycles. The lowest BCUT2D eigenvalue weighted by Crippen LogP contribution is -2.38. The molecule has 88 valence electrons. The van der Waals surface area contributed by atoms with Gasteiger partial charge in [-0.3, -0.25) is 0 Å². The monoisotopic (exact) mass is 232 g/mol. The Morgan fingerprint density at radius 3 is 2.80 bits per heavy atom. The molecule has 0 aromatic heterocycles. The summed E-state index contributed by atoms with van der Waals surface area (Å²) in [4.78, 5) is 0. The number of sulfone groups is 1. The van der Waals surface area contributed by atoms with Crippen LogP contribution in [0, 0.1) is 0 Å². The fraction of sp³-hybridized carbons (Fsp3) is 0.818. The van der Waals surface area contributed by atoms with E-state index in [1.54, 1.807) is 6.08 Å². The quantitative estimate of drug-likeness (QED) is 0.579. The van der Waals surface area contributed by atoms with Gasteiger partial charge in [0, 0.05) is 0 Å². The number of allylic oxidation sites excluding steroid dienone is 1. The van der Waals surface area contributed by atoms with Crippen LogP contribution in [0.25, 0.3) is 0 Å². The molecule has 2 atom stereocenters. The van der Waals surface area contributed by atoms with Crippen molar-refractivity contribution >= 4 is 9.84 Å². The Kier molecular flexibility index (Phi) is 4.80. The van der Waals surface area contributed by atoms with Crippen LogP contribution in [0.3, 0.4) is 0 Å². The maximum Gasteiger partial charge on any atom is 0.155 e. The van der Waals surface area contributed by atoms with Crippen LogP contribution in [-0.2, 0) is 9.84 Å². The van der Waals surface area contributed by atoms with Gasteiger partial charge in [0.05, 0.1) is 17.1 Å². The molecule has 1 aliphatic heterocycles. The predicted octanol–water partition coefficient (Wildman–Crippen LogP) is 1.67. The zero-order chi connectivity index (χ0) is 11.3. The molecule has 1 saturated heterocycles. The summed E-state index contributed by atoms with van der Waals surface area (Å²) >= 11 is 0. The van der Waals surface area contributed by atoms with Crippen molar-refractivity contribution in [2.24, 2.45) is 0 Å². The normalized spacial score (nSPS) is 27.1. The number of hydrogen-bond donors (Lipinski definition) is 1. The van der Waals surface area contributed by atoms with Crippen molar-refractivity contribution in [2.75, 3.05) is 5.75 Å². The number of rotatable bonds is 5. The molecule has 15 heavy (non-hydrogen) atoms. The highest BCUT2D eigenvalue weighted by Gasteiger charge is 2.33. The van der Waals surface area contributed by atoms with E-state index in [4.69, 9.17) is 0 Å². The second-order valence-electron chi connectivity index (χ2n) is 4.19. The molecule has 0 amide bonds. The Balaban J connectivity index is 2.49. The summed E-state index contributed by atoms with van der Waals surface area (Å²) in [5.41, 5.74) is 0. The molecule has 0 aromatic carbocycles. The molecule has 2 unspecified atom stereocenters. The van der Waals surface area contributed by atoms with Crippen LogP contribution in [0.1, 0.15) is 38.5 Å². The van der Waals surface area contributed by atoms with Crippen LogP contribution in [0.15, 0.2) is 12.7 Å². The van der Waals surface area contributed by atoms with Crippen molar-refractivity contribution in [2.45, 2.75) is 49.9 Å². The van der Waals surface area contributed by atoms with Gasteiger partial charge in [0.25, 0.3) is 0 Å². The Morgan fingerprint density at radius 2 is 2.20 bits per heavy atom. The van der Waals surface area contributed by atoms with E-state index in [0.717, 1.165) is 25.7 Å². The van der Waals surface area contributed by atoms with Gasteiger partial charge in [-0.05, 0) is 32.1 Å². The lowest BCUT2D eigenvalue weighted by atomic mass is 10.0. The molecule has 4 heteroatoms. The van der Waals surface area contributed by atoms with Crippen LogP contribution in [0.2, 0.25) is 0 Å². The molecule has 0 radical (unpaired) electrons. The van der Waals surface area contributed by atoms with E-state index in [0.29, 0.717) is 12.8 Å². The maximum atomic E-state index is 11.7. The maximum absolute atomic E-state index is 11.7. The predicted molar refractivity (Wildman–Crippen MR) is 61.5 cm³/mol. The van der Waals surface area contributed by atoms with Gasteiger partial charge < -0.3 is 5.11 Å². The SMILES string of the molecule is C=CCCCC(O)C1CCCCS1(=O)=O. The highest BCUT2D eigenvalue weighted by atomic mass is 32.2. The third-order valence-corrected chi connectivity index (χ3v) is 5.30. The smallest absolute Gasteiger partial charge is 0.155 e. The molecule has 1 N–H and O–H groups in total. The van der Waals surface area contributed by atoms with Crippen LogP contribution >= 0.6 is 0 Å². The van der Waals surface area contributed by atoms with Gasteiger partial charge in [-0.2, -0.15) is 0 Å².